The lowest BCUT2D eigenvalue weighted by Crippen LogP contribution is -2.15. The molecule has 2 atom stereocenters. The molecule has 1 aliphatic carbocycles. The molecule has 0 radical (unpaired) electrons. The zero-order chi connectivity index (χ0) is 12.8. The van der Waals surface area contributed by atoms with E-state index in [0.717, 1.165) is 19.4 Å². The first-order chi connectivity index (χ1) is 9.33. The van der Waals surface area contributed by atoms with Crippen LogP contribution in [-0.4, -0.2) is 15.8 Å². The van der Waals surface area contributed by atoms with Crippen LogP contribution >= 0.6 is 0 Å². The van der Waals surface area contributed by atoms with Crippen molar-refractivity contribution >= 4 is 10.9 Å². The fourth-order valence-electron chi connectivity index (χ4n) is 4.03. The van der Waals surface area contributed by atoms with Crippen LogP contribution in [0.3, 0.4) is 0 Å². The van der Waals surface area contributed by atoms with Crippen molar-refractivity contribution in [2.45, 2.75) is 51.2 Å². The second-order valence-electron chi connectivity index (χ2n) is 6.23. The zero-order valence-corrected chi connectivity index (χ0v) is 11.3. The molecular formula is C17H21NO. The van der Waals surface area contributed by atoms with E-state index < -0.39 is 0 Å². The smallest absolute Gasteiger partial charge is 0.0571 e. The molecule has 0 saturated heterocycles. The molecule has 2 heteroatoms. The third-order valence-electron chi connectivity index (χ3n) is 5.01. The topological polar surface area (TPSA) is 25.2 Å². The number of nitrogens with zero attached hydrogens (tertiary/aromatic N) is 1. The predicted molar refractivity (Wildman–Crippen MR) is 77.3 cm³/mol. The second kappa shape index (κ2) is 4.38. The fourth-order valence-corrected chi connectivity index (χ4v) is 4.03. The first-order valence-electron chi connectivity index (χ1n) is 7.60. The summed E-state index contributed by atoms with van der Waals surface area (Å²) in [5, 5.41) is 11.5. The van der Waals surface area contributed by atoms with Crippen molar-refractivity contribution in [1.82, 2.24) is 4.57 Å². The number of hydrogen-bond acceptors (Lipinski definition) is 1. The van der Waals surface area contributed by atoms with E-state index in [0.29, 0.717) is 5.92 Å². The minimum absolute atomic E-state index is 0.0771. The monoisotopic (exact) mass is 255 g/mol. The maximum atomic E-state index is 10.0. The summed E-state index contributed by atoms with van der Waals surface area (Å²) in [5.41, 5.74) is 4.41. The van der Waals surface area contributed by atoms with Gasteiger partial charge in [-0.25, -0.2) is 0 Å². The van der Waals surface area contributed by atoms with E-state index in [1.165, 1.54) is 47.7 Å². The maximum Gasteiger partial charge on any atom is 0.0571 e. The number of aliphatic hydroxyl groups is 1. The van der Waals surface area contributed by atoms with Crippen LogP contribution in [0.25, 0.3) is 10.9 Å². The van der Waals surface area contributed by atoms with Crippen molar-refractivity contribution < 1.29 is 5.11 Å². The van der Waals surface area contributed by atoms with Crippen LogP contribution in [0.15, 0.2) is 24.4 Å². The highest BCUT2D eigenvalue weighted by Crippen LogP contribution is 2.34. The van der Waals surface area contributed by atoms with Crippen molar-refractivity contribution in [2.75, 3.05) is 0 Å². The van der Waals surface area contributed by atoms with Crippen molar-refractivity contribution in [3.05, 3.63) is 35.5 Å². The van der Waals surface area contributed by atoms with Crippen LogP contribution in [0.1, 0.15) is 36.8 Å². The number of benzene rings is 1. The normalized spacial score (nSPS) is 26.2. The van der Waals surface area contributed by atoms with Crippen LogP contribution in [0.2, 0.25) is 0 Å². The Morgan fingerprint density at radius 2 is 2.16 bits per heavy atom. The van der Waals surface area contributed by atoms with Crippen LogP contribution in [0.4, 0.5) is 0 Å². The Balaban J connectivity index is 1.77. The van der Waals surface area contributed by atoms with Crippen LogP contribution in [-0.2, 0) is 19.4 Å². The second-order valence-corrected chi connectivity index (χ2v) is 6.23. The van der Waals surface area contributed by atoms with Crippen LogP contribution < -0.4 is 0 Å². The minimum atomic E-state index is -0.0771. The summed E-state index contributed by atoms with van der Waals surface area (Å²) < 4.78 is 2.44. The van der Waals surface area contributed by atoms with Gasteiger partial charge in [0.25, 0.3) is 0 Å². The molecule has 1 aliphatic heterocycles. The number of rotatable bonds is 2. The number of hydrogen-bond donors (Lipinski definition) is 1. The quantitative estimate of drug-likeness (QED) is 0.875. The lowest BCUT2D eigenvalue weighted by Gasteiger charge is -2.14. The molecule has 2 aromatic rings. The summed E-state index contributed by atoms with van der Waals surface area (Å²) in [6.07, 6.45) is 9.16. The first kappa shape index (κ1) is 11.5. The minimum Gasteiger partial charge on any atom is -0.393 e. The van der Waals surface area contributed by atoms with E-state index in [1.54, 1.807) is 0 Å². The van der Waals surface area contributed by atoms with Crippen LogP contribution in [0.5, 0.6) is 0 Å². The Bertz CT molecular complexity index is 613. The number of para-hydroxylation sites is 1. The van der Waals surface area contributed by atoms with Gasteiger partial charge >= 0.3 is 0 Å². The summed E-state index contributed by atoms with van der Waals surface area (Å²) in [5.74, 6) is 0.475. The molecule has 19 heavy (non-hydrogen) atoms. The number of aryl methyl sites for hydroxylation is 2. The Kier molecular flexibility index (Phi) is 2.66. The third-order valence-corrected chi connectivity index (χ3v) is 5.01. The molecule has 1 N–H and O–H groups in total. The van der Waals surface area contributed by atoms with Gasteiger partial charge in [-0.1, -0.05) is 24.6 Å². The van der Waals surface area contributed by atoms with E-state index in [4.69, 9.17) is 0 Å². The van der Waals surface area contributed by atoms with Crippen molar-refractivity contribution in [1.29, 1.82) is 0 Å². The average Bonchev–Trinajstić information content (AvgIpc) is 2.98. The van der Waals surface area contributed by atoms with Crippen molar-refractivity contribution in [3.8, 4) is 0 Å². The number of aromatic nitrogens is 1. The van der Waals surface area contributed by atoms with Gasteiger partial charge in [0, 0.05) is 18.1 Å². The van der Waals surface area contributed by atoms with Gasteiger partial charge < -0.3 is 9.67 Å². The van der Waals surface area contributed by atoms with Gasteiger partial charge in [0.2, 0.25) is 0 Å². The summed E-state index contributed by atoms with van der Waals surface area (Å²) in [4.78, 5) is 0. The van der Waals surface area contributed by atoms with Crippen molar-refractivity contribution in [2.24, 2.45) is 5.92 Å². The van der Waals surface area contributed by atoms with E-state index in [1.807, 2.05) is 0 Å². The molecule has 1 fully saturated rings. The Morgan fingerprint density at radius 1 is 1.21 bits per heavy atom. The van der Waals surface area contributed by atoms with Gasteiger partial charge in [0.15, 0.2) is 0 Å². The Labute approximate surface area is 114 Å². The zero-order valence-electron chi connectivity index (χ0n) is 11.3. The summed E-state index contributed by atoms with van der Waals surface area (Å²) in [7, 11) is 0. The summed E-state index contributed by atoms with van der Waals surface area (Å²) in [6.45, 7) is 1.15. The molecule has 0 amide bonds. The highest BCUT2D eigenvalue weighted by molar-refractivity contribution is 5.87. The predicted octanol–water partition coefficient (Wildman–Crippen LogP) is 3.29. The molecule has 1 saturated carbocycles. The van der Waals surface area contributed by atoms with E-state index in [2.05, 4.69) is 29.0 Å². The van der Waals surface area contributed by atoms with Crippen molar-refractivity contribution in [3.63, 3.8) is 0 Å². The molecule has 0 bridgehead atoms. The SMILES string of the molecule is OC1CCCC1Cc1cn2c3c(cccc13)CCC2. The molecular weight excluding hydrogens is 234 g/mol. The van der Waals surface area contributed by atoms with E-state index in [9.17, 15) is 5.11 Å². The molecule has 2 unspecified atom stereocenters. The maximum absolute atomic E-state index is 10.0. The highest BCUT2D eigenvalue weighted by atomic mass is 16.3. The standard InChI is InChI=1S/C17H21NO/c19-16-8-2-5-13(16)10-14-11-18-9-3-6-12-4-1-7-15(14)17(12)18/h1,4,7,11,13,16,19H,2-3,5-6,8-10H2. The molecule has 100 valence electrons. The molecule has 1 aromatic carbocycles. The van der Waals surface area contributed by atoms with Gasteiger partial charge in [-0.15, -0.1) is 0 Å². The van der Waals surface area contributed by atoms with Gasteiger partial charge in [0.05, 0.1) is 11.6 Å². The van der Waals surface area contributed by atoms with Gasteiger partial charge in [0.1, 0.15) is 0 Å². The molecule has 2 nitrogen and oxygen atoms in total. The summed E-state index contributed by atoms with van der Waals surface area (Å²) in [6, 6.07) is 6.73. The Morgan fingerprint density at radius 3 is 3.00 bits per heavy atom. The lowest BCUT2D eigenvalue weighted by molar-refractivity contribution is 0.133. The molecule has 4 rings (SSSR count). The van der Waals surface area contributed by atoms with Crippen LogP contribution in [0, 0.1) is 5.92 Å². The van der Waals surface area contributed by atoms with E-state index in [-0.39, 0.29) is 6.10 Å². The van der Waals surface area contributed by atoms with Gasteiger partial charge in [-0.2, -0.15) is 0 Å². The lowest BCUT2D eigenvalue weighted by atomic mass is 9.95. The van der Waals surface area contributed by atoms with E-state index >= 15 is 0 Å². The average molecular weight is 255 g/mol. The fraction of sp³-hybridized carbons (Fsp3) is 0.529. The first-order valence-corrected chi connectivity index (χ1v) is 7.60. The summed E-state index contributed by atoms with van der Waals surface area (Å²) >= 11 is 0. The Hall–Kier alpha value is -1.28. The highest BCUT2D eigenvalue weighted by Gasteiger charge is 2.27. The molecule has 1 aromatic heterocycles. The molecule has 2 heterocycles. The largest absolute Gasteiger partial charge is 0.393 e. The third kappa shape index (κ3) is 1.81. The molecule has 0 spiro atoms. The van der Waals surface area contributed by atoms with Gasteiger partial charge in [-0.3, -0.25) is 0 Å². The van der Waals surface area contributed by atoms with Gasteiger partial charge in [-0.05, 0) is 49.1 Å². The molecule has 2 aliphatic rings. The number of aliphatic hydroxyl groups excluding tert-OH is 1.